The fraction of sp³-hybridized carbons (Fsp3) is 0.875. The van der Waals surface area contributed by atoms with Gasteiger partial charge in [0, 0.05) is 20.1 Å². The summed E-state index contributed by atoms with van der Waals surface area (Å²) in [7, 11) is 1.65. The number of rotatable bonds is 6. The molecule has 0 aromatic carbocycles. The molecule has 1 atom stereocenters. The van der Waals surface area contributed by atoms with Crippen LogP contribution in [0.4, 0.5) is 0 Å². The van der Waals surface area contributed by atoms with Crippen molar-refractivity contribution in [2.24, 2.45) is 5.73 Å². The van der Waals surface area contributed by atoms with Gasteiger partial charge in [-0.25, -0.2) is 0 Å². The van der Waals surface area contributed by atoms with Crippen molar-refractivity contribution < 1.29 is 9.53 Å². The van der Waals surface area contributed by atoms with Crippen molar-refractivity contribution in [2.75, 3.05) is 13.7 Å². The summed E-state index contributed by atoms with van der Waals surface area (Å²) in [6.07, 6.45) is 2.14. The Morgan fingerprint density at radius 2 is 2.27 bits per heavy atom. The van der Waals surface area contributed by atoms with Crippen LogP contribution in [0.5, 0.6) is 0 Å². The fourth-order valence-corrected chi connectivity index (χ4v) is 0.871. The van der Waals surface area contributed by atoms with E-state index in [4.69, 9.17) is 10.5 Å². The Balaban J connectivity index is 3.36. The van der Waals surface area contributed by atoms with Crippen molar-refractivity contribution in [3.8, 4) is 0 Å². The van der Waals surface area contributed by atoms with E-state index in [2.05, 4.69) is 0 Å². The van der Waals surface area contributed by atoms with Crippen LogP contribution in [0.15, 0.2) is 0 Å². The molecule has 0 aromatic heterocycles. The molecule has 0 radical (unpaired) electrons. The van der Waals surface area contributed by atoms with Crippen molar-refractivity contribution in [3.63, 3.8) is 0 Å². The van der Waals surface area contributed by atoms with E-state index in [1.807, 2.05) is 6.92 Å². The SMILES string of the molecule is CCC(=O)C(N)CCCOC. The highest BCUT2D eigenvalue weighted by Gasteiger charge is 2.09. The average molecular weight is 159 g/mol. The normalized spacial score (nSPS) is 13.0. The van der Waals surface area contributed by atoms with Gasteiger partial charge in [-0.1, -0.05) is 6.92 Å². The molecule has 11 heavy (non-hydrogen) atoms. The molecule has 0 saturated carbocycles. The van der Waals surface area contributed by atoms with Crippen LogP contribution in [0.2, 0.25) is 0 Å². The van der Waals surface area contributed by atoms with Gasteiger partial charge in [0.1, 0.15) is 5.78 Å². The Labute approximate surface area is 67.9 Å². The minimum absolute atomic E-state index is 0.140. The third kappa shape index (κ3) is 4.93. The van der Waals surface area contributed by atoms with Crippen LogP contribution in [0, 0.1) is 0 Å². The van der Waals surface area contributed by atoms with Crippen LogP contribution in [0.3, 0.4) is 0 Å². The second-order valence-corrected chi connectivity index (χ2v) is 2.56. The third-order valence-corrected chi connectivity index (χ3v) is 1.63. The zero-order valence-electron chi connectivity index (χ0n) is 7.30. The van der Waals surface area contributed by atoms with Gasteiger partial charge >= 0.3 is 0 Å². The lowest BCUT2D eigenvalue weighted by Crippen LogP contribution is -2.29. The monoisotopic (exact) mass is 159 g/mol. The first-order valence-corrected chi connectivity index (χ1v) is 3.99. The fourth-order valence-electron chi connectivity index (χ4n) is 0.871. The van der Waals surface area contributed by atoms with E-state index in [9.17, 15) is 4.79 Å². The van der Waals surface area contributed by atoms with Crippen molar-refractivity contribution in [2.45, 2.75) is 32.2 Å². The van der Waals surface area contributed by atoms with Gasteiger partial charge in [-0.05, 0) is 12.8 Å². The lowest BCUT2D eigenvalue weighted by molar-refractivity contribution is -0.120. The quantitative estimate of drug-likeness (QED) is 0.581. The highest BCUT2D eigenvalue weighted by Crippen LogP contribution is 1.98. The molecular weight excluding hydrogens is 142 g/mol. The standard InChI is InChI=1S/C8H17NO2/c1-3-8(10)7(9)5-4-6-11-2/h7H,3-6,9H2,1-2H3. The number of carbonyl (C=O) groups excluding carboxylic acids is 1. The molecule has 0 bridgehead atoms. The van der Waals surface area contributed by atoms with Gasteiger partial charge in [0.15, 0.2) is 0 Å². The van der Waals surface area contributed by atoms with Crippen LogP contribution < -0.4 is 5.73 Å². The topological polar surface area (TPSA) is 52.3 Å². The highest BCUT2D eigenvalue weighted by molar-refractivity contribution is 5.83. The van der Waals surface area contributed by atoms with E-state index >= 15 is 0 Å². The molecule has 0 saturated heterocycles. The summed E-state index contributed by atoms with van der Waals surface area (Å²) in [6.45, 7) is 2.52. The summed E-state index contributed by atoms with van der Waals surface area (Å²) in [5, 5.41) is 0. The van der Waals surface area contributed by atoms with Gasteiger partial charge in [-0.3, -0.25) is 4.79 Å². The summed E-state index contributed by atoms with van der Waals surface area (Å²) in [5.74, 6) is 0.140. The largest absolute Gasteiger partial charge is 0.385 e. The number of carbonyl (C=O) groups is 1. The van der Waals surface area contributed by atoms with Crippen LogP contribution in [-0.2, 0) is 9.53 Å². The molecule has 66 valence electrons. The molecule has 2 N–H and O–H groups in total. The number of nitrogens with two attached hydrogens (primary N) is 1. The van der Waals surface area contributed by atoms with Crippen LogP contribution >= 0.6 is 0 Å². The second kappa shape index (κ2) is 6.31. The van der Waals surface area contributed by atoms with E-state index in [1.165, 1.54) is 0 Å². The zero-order valence-corrected chi connectivity index (χ0v) is 7.30. The molecule has 0 aromatic rings. The molecule has 0 aliphatic rings. The summed E-state index contributed by atoms with van der Waals surface area (Å²) in [5.41, 5.74) is 5.56. The highest BCUT2D eigenvalue weighted by atomic mass is 16.5. The number of Topliss-reactive ketones (excluding diaryl/α,β-unsaturated/α-hetero) is 1. The van der Waals surface area contributed by atoms with Gasteiger partial charge in [-0.2, -0.15) is 0 Å². The van der Waals surface area contributed by atoms with E-state index in [0.29, 0.717) is 13.0 Å². The Bertz CT molecular complexity index is 115. The lowest BCUT2D eigenvalue weighted by atomic mass is 10.1. The maximum Gasteiger partial charge on any atom is 0.149 e. The first-order chi connectivity index (χ1) is 5.22. The van der Waals surface area contributed by atoms with Gasteiger partial charge in [0.25, 0.3) is 0 Å². The van der Waals surface area contributed by atoms with Gasteiger partial charge in [0.2, 0.25) is 0 Å². The summed E-state index contributed by atoms with van der Waals surface area (Å²) in [4.78, 5) is 10.9. The van der Waals surface area contributed by atoms with Gasteiger partial charge < -0.3 is 10.5 Å². The van der Waals surface area contributed by atoms with Crippen LogP contribution in [-0.4, -0.2) is 25.5 Å². The molecule has 0 aliphatic heterocycles. The number of hydrogen-bond donors (Lipinski definition) is 1. The van der Waals surface area contributed by atoms with E-state index in [1.54, 1.807) is 7.11 Å². The van der Waals surface area contributed by atoms with E-state index < -0.39 is 0 Å². The lowest BCUT2D eigenvalue weighted by Gasteiger charge is -2.07. The molecule has 3 heteroatoms. The first kappa shape index (κ1) is 10.6. The molecule has 0 aliphatic carbocycles. The van der Waals surface area contributed by atoms with Crippen LogP contribution in [0.1, 0.15) is 26.2 Å². The second-order valence-electron chi connectivity index (χ2n) is 2.56. The van der Waals surface area contributed by atoms with Gasteiger partial charge in [0.05, 0.1) is 6.04 Å². The van der Waals surface area contributed by atoms with E-state index in [-0.39, 0.29) is 11.8 Å². The zero-order chi connectivity index (χ0) is 8.69. The van der Waals surface area contributed by atoms with Gasteiger partial charge in [-0.15, -0.1) is 0 Å². The Hall–Kier alpha value is -0.410. The number of ether oxygens (including phenoxy) is 1. The minimum atomic E-state index is -0.282. The number of ketones is 1. The van der Waals surface area contributed by atoms with E-state index in [0.717, 1.165) is 12.8 Å². The molecule has 0 amide bonds. The summed E-state index contributed by atoms with van der Waals surface area (Å²) < 4.78 is 4.84. The minimum Gasteiger partial charge on any atom is -0.385 e. The maximum absolute atomic E-state index is 10.9. The predicted molar refractivity (Wildman–Crippen MR) is 44.4 cm³/mol. The Morgan fingerprint density at radius 3 is 2.73 bits per heavy atom. The predicted octanol–water partition coefficient (Wildman–Crippen LogP) is 0.719. The molecule has 3 nitrogen and oxygen atoms in total. The smallest absolute Gasteiger partial charge is 0.149 e. The Morgan fingerprint density at radius 1 is 1.64 bits per heavy atom. The molecule has 0 heterocycles. The maximum atomic E-state index is 10.9. The summed E-state index contributed by atoms with van der Waals surface area (Å²) >= 11 is 0. The molecular formula is C8H17NO2. The molecule has 1 unspecified atom stereocenters. The Kier molecular flexibility index (Phi) is 6.07. The van der Waals surface area contributed by atoms with Crippen LogP contribution in [0.25, 0.3) is 0 Å². The third-order valence-electron chi connectivity index (χ3n) is 1.63. The van der Waals surface area contributed by atoms with Crippen molar-refractivity contribution in [3.05, 3.63) is 0 Å². The van der Waals surface area contributed by atoms with Crippen molar-refractivity contribution in [1.29, 1.82) is 0 Å². The van der Waals surface area contributed by atoms with Crippen molar-refractivity contribution in [1.82, 2.24) is 0 Å². The number of methoxy groups -OCH3 is 1. The summed E-state index contributed by atoms with van der Waals surface area (Å²) in [6, 6.07) is -0.282. The first-order valence-electron chi connectivity index (χ1n) is 3.99. The molecule has 0 rings (SSSR count). The molecule has 0 spiro atoms. The van der Waals surface area contributed by atoms with Crippen molar-refractivity contribution >= 4 is 5.78 Å². The molecule has 0 fully saturated rings. The average Bonchev–Trinajstić information content (AvgIpc) is 2.03. The number of hydrogen-bond acceptors (Lipinski definition) is 3.